The summed E-state index contributed by atoms with van der Waals surface area (Å²) in [7, 11) is 0. The second kappa shape index (κ2) is 7.51. The van der Waals surface area contributed by atoms with Crippen LogP contribution in [0.15, 0.2) is 48.5 Å². The van der Waals surface area contributed by atoms with Gasteiger partial charge in [-0.05, 0) is 30.0 Å². The van der Waals surface area contributed by atoms with Crippen LogP contribution >= 0.6 is 0 Å². The lowest BCUT2D eigenvalue weighted by atomic mass is 10.0. The minimum absolute atomic E-state index is 0.245. The molecule has 2 aromatic rings. The van der Waals surface area contributed by atoms with Crippen LogP contribution in [-0.4, -0.2) is 18.7 Å². The predicted molar refractivity (Wildman–Crippen MR) is 93.1 cm³/mol. The highest BCUT2D eigenvalue weighted by molar-refractivity contribution is 5.42. The zero-order valence-electron chi connectivity index (χ0n) is 13.9. The van der Waals surface area contributed by atoms with Crippen LogP contribution in [0.2, 0.25) is 0 Å². The van der Waals surface area contributed by atoms with Gasteiger partial charge in [0.1, 0.15) is 24.2 Å². The molecular weight excluding hydrogens is 286 g/mol. The third kappa shape index (κ3) is 4.49. The summed E-state index contributed by atoms with van der Waals surface area (Å²) in [5, 5.41) is 3.45. The third-order valence-corrected chi connectivity index (χ3v) is 4.07. The lowest BCUT2D eigenvalue weighted by molar-refractivity contribution is 0.166. The van der Waals surface area contributed by atoms with Crippen molar-refractivity contribution in [3.63, 3.8) is 0 Å². The van der Waals surface area contributed by atoms with Crippen LogP contribution in [0, 0.1) is 0 Å². The summed E-state index contributed by atoms with van der Waals surface area (Å²) in [4.78, 5) is 0. The first-order valence-electron chi connectivity index (χ1n) is 8.40. The summed E-state index contributed by atoms with van der Waals surface area (Å²) in [6.45, 7) is 5.79. The quantitative estimate of drug-likeness (QED) is 0.876. The lowest BCUT2D eigenvalue weighted by Crippen LogP contribution is -2.37. The van der Waals surface area contributed by atoms with E-state index in [1.165, 1.54) is 11.1 Å². The number of rotatable bonds is 6. The van der Waals surface area contributed by atoms with Crippen molar-refractivity contribution in [2.24, 2.45) is 0 Å². The molecule has 0 aliphatic carbocycles. The number of hydrogen-bond acceptors (Lipinski definition) is 3. The Kier molecular flexibility index (Phi) is 5.19. The van der Waals surface area contributed by atoms with Crippen LogP contribution in [0.25, 0.3) is 0 Å². The molecule has 3 heteroatoms. The van der Waals surface area contributed by atoms with Crippen molar-refractivity contribution in [2.75, 3.05) is 6.54 Å². The van der Waals surface area contributed by atoms with Crippen molar-refractivity contribution in [1.82, 2.24) is 5.32 Å². The molecule has 0 fully saturated rings. The highest BCUT2D eigenvalue weighted by Crippen LogP contribution is 2.31. The smallest absolute Gasteiger partial charge is 0.126 e. The minimum Gasteiger partial charge on any atom is -0.489 e. The van der Waals surface area contributed by atoms with Gasteiger partial charge in [0, 0.05) is 18.7 Å². The van der Waals surface area contributed by atoms with Gasteiger partial charge < -0.3 is 14.8 Å². The third-order valence-electron chi connectivity index (χ3n) is 4.07. The Hall–Kier alpha value is -2.00. The van der Waals surface area contributed by atoms with E-state index in [-0.39, 0.29) is 6.10 Å². The fourth-order valence-corrected chi connectivity index (χ4v) is 2.75. The van der Waals surface area contributed by atoms with Crippen molar-refractivity contribution in [1.29, 1.82) is 0 Å². The van der Waals surface area contributed by atoms with Gasteiger partial charge in [0.2, 0.25) is 0 Å². The first-order valence-corrected chi connectivity index (χ1v) is 8.40. The van der Waals surface area contributed by atoms with Crippen LogP contribution in [0.5, 0.6) is 11.5 Å². The molecular formula is C20H25NO2. The fraction of sp³-hybridized carbons (Fsp3) is 0.400. The molecule has 3 rings (SSSR count). The monoisotopic (exact) mass is 311 g/mol. The first kappa shape index (κ1) is 15.9. The predicted octanol–water partition coefficient (Wildman–Crippen LogP) is 3.96. The van der Waals surface area contributed by atoms with E-state index in [0.29, 0.717) is 12.6 Å². The Balaban J connectivity index is 1.61. The van der Waals surface area contributed by atoms with E-state index in [4.69, 9.17) is 9.47 Å². The number of fused-ring (bicyclic) bond motifs is 1. The average molecular weight is 311 g/mol. The normalized spacial score (nSPS) is 16.7. The molecule has 1 aliphatic rings. The molecule has 1 N–H and O–H groups in total. The molecule has 1 heterocycles. The number of ether oxygens (including phenoxy) is 2. The van der Waals surface area contributed by atoms with E-state index >= 15 is 0 Å². The maximum atomic E-state index is 6.13. The van der Waals surface area contributed by atoms with Crippen LogP contribution in [0.3, 0.4) is 0 Å². The van der Waals surface area contributed by atoms with E-state index in [9.17, 15) is 0 Å². The van der Waals surface area contributed by atoms with Gasteiger partial charge in [-0.25, -0.2) is 0 Å². The Labute approximate surface area is 138 Å². The molecule has 0 amide bonds. The molecule has 3 nitrogen and oxygen atoms in total. The molecule has 0 bridgehead atoms. The summed E-state index contributed by atoms with van der Waals surface area (Å²) in [5.74, 6) is 1.84. The van der Waals surface area contributed by atoms with Gasteiger partial charge in [0.25, 0.3) is 0 Å². The number of hydrogen-bond donors (Lipinski definition) is 1. The fourth-order valence-electron chi connectivity index (χ4n) is 2.75. The minimum atomic E-state index is 0.245. The molecule has 0 radical (unpaired) electrons. The zero-order valence-corrected chi connectivity index (χ0v) is 13.9. The van der Waals surface area contributed by atoms with Gasteiger partial charge in [0.05, 0.1) is 0 Å². The van der Waals surface area contributed by atoms with Crippen molar-refractivity contribution < 1.29 is 9.47 Å². The van der Waals surface area contributed by atoms with Gasteiger partial charge >= 0.3 is 0 Å². The van der Waals surface area contributed by atoms with Gasteiger partial charge in [-0.1, -0.05) is 50.2 Å². The summed E-state index contributed by atoms with van der Waals surface area (Å²) in [6.07, 6.45) is 2.38. The summed E-state index contributed by atoms with van der Waals surface area (Å²) in [6, 6.07) is 16.9. The lowest BCUT2D eigenvalue weighted by Gasteiger charge is -2.27. The van der Waals surface area contributed by atoms with Crippen LogP contribution in [0.1, 0.15) is 31.4 Å². The van der Waals surface area contributed by atoms with Gasteiger partial charge in [-0.3, -0.25) is 0 Å². The maximum Gasteiger partial charge on any atom is 0.126 e. The summed E-state index contributed by atoms with van der Waals surface area (Å²) >= 11 is 0. The molecule has 0 saturated heterocycles. The second-order valence-corrected chi connectivity index (χ2v) is 6.39. The molecule has 1 aliphatic heterocycles. The standard InChI is InChI=1S/C20H25NO2/c1-15(2)21-13-19-11-9-17-8-10-18(12-20(17)23-19)22-14-16-6-4-3-5-7-16/h3-8,10,12,15,19,21H,9,11,13-14H2,1-2H3/t19-/m1/s1. The van der Waals surface area contributed by atoms with E-state index in [2.05, 4.69) is 37.4 Å². The van der Waals surface area contributed by atoms with Crippen molar-refractivity contribution in [3.05, 3.63) is 59.7 Å². The topological polar surface area (TPSA) is 30.5 Å². The van der Waals surface area contributed by atoms with Gasteiger partial charge in [0.15, 0.2) is 0 Å². The Morgan fingerprint density at radius 3 is 2.78 bits per heavy atom. The van der Waals surface area contributed by atoms with Gasteiger partial charge in [-0.15, -0.1) is 0 Å². The number of benzene rings is 2. The van der Waals surface area contributed by atoms with E-state index in [1.54, 1.807) is 0 Å². The molecule has 0 saturated carbocycles. The molecule has 0 spiro atoms. The molecule has 0 unspecified atom stereocenters. The number of aryl methyl sites for hydroxylation is 1. The summed E-state index contributed by atoms with van der Waals surface area (Å²) < 4.78 is 12.0. The van der Waals surface area contributed by atoms with Crippen molar-refractivity contribution in [2.45, 2.75) is 45.4 Å². The maximum absolute atomic E-state index is 6.13. The SMILES string of the molecule is CC(C)NC[C@H]1CCc2ccc(OCc3ccccc3)cc2O1. The van der Waals surface area contributed by atoms with Gasteiger partial charge in [-0.2, -0.15) is 0 Å². The number of nitrogens with one attached hydrogen (secondary N) is 1. The average Bonchev–Trinajstić information content (AvgIpc) is 2.58. The highest BCUT2D eigenvalue weighted by Gasteiger charge is 2.20. The molecule has 2 aromatic carbocycles. The van der Waals surface area contributed by atoms with E-state index in [1.807, 2.05) is 30.3 Å². The zero-order chi connectivity index (χ0) is 16.1. The molecule has 1 atom stereocenters. The van der Waals surface area contributed by atoms with Crippen LogP contribution in [0.4, 0.5) is 0 Å². The second-order valence-electron chi connectivity index (χ2n) is 6.39. The Morgan fingerprint density at radius 1 is 1.17 bits per heavy atom. The highest BCUT2D eigenvalue weighted by atomic mass is 16.5. The van der Waals surface area contributed by atoms with Crippen LogP contribution < -0.4 is 14.8 Å². The Bertz CT molecular complexity index is 625. The Morgan fingerprint density at radius 2 is 2.00 bits per heavy atom. The van der Waals surface area contributed by atoms with E-state index < -0.39 is 0 Å². The largest absolute Gasteiger partial charge is 0.489 e. The van der Waals surface area contributed by atoms with E-state index in [0.717, 1.165) is 30.9 Å². The van der Waals surface area contributed by atoms with Crippen LogP contribution in [-0.2, 0) is 13.0 Å². The van der Waals surface area contributed by atoms with Crippen molar-refractivity contribution >= 4 is 0 Å². The summed E-state index contributed by atoms with van der Waals surface area (Å²) in [5.41, 5.74) is 2.45. The first-order chi connectivity index (χ1) is 11.2. The molecule has 23 heavy (non-hydrogen) atoms. The molecule has 122 valence electrons. The van der Waals surface area contributed by atoms with Crippen molar-refractivity contribution in [3.8, 4) is 11.5 Å². The molecule has 0 aromatic heterocycles.